The SMILES string of the molecule is Cc1ccc2c(cnn2C2CCCCO2)c1-n1c(C)nc2c(N3CCN(C(=O)OCc4ccccc4)[C@@H](CC#N)C3)nc(OC[C@@H]3CCCN3C)nc2c1=O. The fraction of sp³-hybridized carbons (Fsp3) is 0.475. The number of likely N-dealkylation sites (tertiary alicyclic amines) is 1. The van der Waals surface area contributed by atoms with Crippen LogP contribution in [0, 0.1) is 25.2 Å². The van der Waals surface area contributed by atoms with Crippen molar-refractivity contribution in [1.29, 1.82) is 5.26 Å². The van der Waals surface area contributed by atoms with Gasteiger partial charge < -0.3 is 28.9 Å². The maximum Gasteiger partial charge on any atom is 0.410 e. The molecule has 3 saturated heterocycles. The Morgan fingerprint density at radius 1 is 0.982 bits per heavy atom. The van der Waals surface area contributed by atoms with Gasteiger partial charge in [-0.25, -0.2) is 14.5 Å². The molecule has 6 heterocycles. The van der Waals surface area contributed by atoms with Crippen molar-refractivity contribution >= 4 is 33.8 Å². The van der Waals surface area contributed by atoms with Gasteiger partial charge >= 0.3 is 12.1 Å². The van der Waals surface area contributed by atoms with E-state index in [9.17, 15) is 14.9 Å². The number of ether oxygens (including phenoxy) is 3. The summed E-state index contributed by atoms with van der Waals surface area (Å²) in [7, 11) is 2.07. The number of carbonyl (C=O) groups excluding carboxylic acids is 1. The number of nitriles is 1. The molecule has 2 aromatic carbocycles. The second-order valence-electron chi connectivity index (χ2n) is 14.7. The third kappa shape index (κ3) is 7.19. The first-order valence-electron chi connectivity index (χ1n) is 19.1. The van der Waals surface area contributed by atoms with Gasteiger partial charge in [0.15, 0.2) is 17.6 Å². The van der Waals surface area contributed by atoms with Crippen LogP contribution in [0.15, 0.2) is 53.5 Å². The quantitative estimate of drug-likeness (QED) is 0.198. The molecule has 3 fully saturated rings. The molecule has 1 unspecified atom stereocenters. The summed E-state index contributed by atoms with van der Waals surface area (Å²) in [5, 5.41) is 15.4. The number of fused-ring (bicyclic) bond motifs is 2. The summed E-state index contributed by atoms with van der Waals surface area (Å²) >= 11 is 0. The van der Waals surface area contributed by atoms with Gasteiger partial charge in [0, 0.05) is 37.7 Å². The smallest absolute Gasteiger partial charge is 0.410 e. The van der Waals surface area contributed by atoms with Gasteiger partial charge in [-0.05, 0) is 76.7 Å². The highest BCUT2D eigenvalue weighted by Gasteiger charge is 2.34. The lowest BCUT2D eigenvalue weighted by Crippen LogP contribution is -2.55. The molecule has 1 amide bonds. The zero-order valence-corrected chi connectivity index (χ0v) is 31.6. The highest BCUT2D eigenvalue weighted by molar-refractivity contribution is 5.91. The Bertz CT molecular complexity index is 2300. The molecule has 8 rings (SSSR count). The van der Waals surface area contributed by atoms with E-state index in [1.54, 1.807) is 22.6 Å². The largest absolute Gasteiger partial charge is 0.462 e. The van der Waals surface area contributed by atoms with E-state index >= 15 is 0 Å². The molecule has 3 aliphatic rings. The highest BCUT2D eigenvalue weighted by Crippen LogP contribution is 2.33. The molecule has 0 spiro atoms. The molecule has 0 bridgehead atoms. The zero-order valence-electron chi connectivity index (χ0n) is 31.6. The first-order chi connectivity index (χ1) is 26.8. The lowest BCUT2D eigenvalue weighted by molar-refractivity contribution is -0.0366. The Morgan fingerprint density at radius 3 is 2.60 bits per heavy atom. The minimum Gasteiger partial charge on any atom is -0.462 e. The normalized spacial score (nSPS) is 20.6. The molecule has 0 aliphatic carbocycles. The number of benzene rings is 2. The minimum atomic E-state index is -0.491. The molecule has 3 aromatic heterocycles. The van der Waals surface area contributed by atoms with E-state index in [1.165, 1.54) is 0 Å². The maximum absolute atomic E-state index is 14.8. The average molecular weight is 747 g/mol. The van der Waals surface area contributed by atoms with Crippen LogP contribution in [0.1, 0.15) is 61.7 Å². The number of carbonyl (C=O) groups is 1. The molecule has 15 heteroatoms. The van der Waals surface area contributed by atoms with Crippen molar-refractivity contribution in [2.75, 3.05) is 51.3 Å². The number of aromatic nitrogens is 6. The van der Waals surface area contributed by atoms with E-state index in [0.29, 0.717) is 42.6 Å². The molecule has 55 heavy (non-hydrogen) atoms. The highest BCUT2D eigenvalue weighted by atomic mass is 16.6. The summed E-state index contributed by atoms with van der Waals surface area (Å²) in [6, 6.07) is 15.5. The van der Waals surface area contributed by atoms with Gasteiger partial charge in [0.25, 0.3) is 5.56 Å². The van der Waals surface area contributed by atoms with Crippen LogP contribution in [0.4, 0.5) is 10.6 Å². The molecule has 3 aliphatic heterocycles. The first-order valence-corrected chi connectivity index (χ1v) is 19.1. The van der Waals surface area contributed by atoms with Crippen LogP contribution in [0.3, 0.4) is 0 Å². The molecule has 0 saturated carbocycles. The number of anilines is 1. The molecule has 5 aromatic rings. The fourth-order valence-electron chi connectivity index (χ4n) is 8.08. The van der Waals surface area contributed by atoms with Gasteiger partial charge in [-0.3, -0.25) is 9.36 Å². The number of hydrogen-bond donors (Lipinski definition) is 0. The second-order valence-corrected chi connectivity index (χ2v) is 14.7. The van der Waals surface area contributed by atoms with Gasteiger partial charge in [0.05, 0.1) is 35.9 Å². The number of piperazine rings is 1. The third-order valence-corrected chi connectivity index (χ3v) is 11.1. The van der Waals surface area contributed by atoms with Gasteiger partial charge in [-0.1, -0.05) is 36.4 Å². The molecular weight excluding hydrogens is 701 g/mol. The summed E-state index contributed by atoms with van der Waals surface area (Å²) in [5.41, 5.74) is 3.40. The van der Waals surface area contributed by atoms with Crippen LogP contribution in [0.25, 0.3) is 27.6 Å². The summed E-state index contributed by atoms with van der Waals surface area (Å²) in [6.07, 6.45) is 6.25. The van der Waals surface area contributed by atoms with Crippen LogP contribution >= 0.6 is 0 Å². The van der Waals surface area contributed by atoms with Crippen molar-refractivity contribution in [1.82, 2.24) is 39.1 Å². The van der Waals surface area contributed by atoms with E-state index in [-0.39, 0.29) is 55.5 Å². The molecule has 3 atom stereocenters. The maximum atomic E-state index is 14.8. The third-order valence-electron chi connectivity index (χ3n) is 11.1. The molecule has 0 N–H and O–H groups in total. The van der Waals surface area contributed by atoms with Crippen molar-refractivity contribution in [3.8, 4) is 17.8 Å². The van der Waals surface area contributed by atoms with Crippen LogP contribution in [0.2, 0.25) is 0 Å². The molecule has 286 valence electrons. The number of aryl methyl sites for hydroxylation is 2. The van der Waals surface area contributed by atoms with Crippen molar-refractivity contribution in [3.05, 3.63) is 76.0 Å². The topological polar surface area (TPSA) is 157 Å². The number of amides is 1. The summed E-state index contributed by atoms with van der Waals surface area (Å²) in [6.45, 7) is 6.86. The number of rotatable bonds is 9. The summed E-state index contributed by atoms with van der Waals surface area (Å²) in [4.78, 5) is 48.6. The molecule has 15 nitrogen and oxygen atoms in total. The van der Waals surface area contributed by atoms with Crippen LogP contribution in [-0.4, -0.2) is 104 Å². The van der Waals surface area contributed by atoms with E-state index in [2.05, 4.69) is 18.0 Å². The number of hydrogen-bond acceptors (Lipinski definition) is 12. The van der Waals surface area contributed by atoms with Crippen molar-refractivity contribution in [2.24, 2.45) is 0 Å². The number of nitrogens with zero attached hydrogens (tertiary/aromatic N) is 10. The predicted molar refractivity (Wildman–Crippen MR) is 205 cm³/mol. The Hall–Kier alpha value is -5.59. The first kappa shape index (κ1) is 36.4. The van der Waals surface area contributed by atoms with E-state index in [1.807, 2.05) is 59.0 Å². The Labute approximate surface area is 319 Å². The molecule has 0 radical (unpaired) electrons. The Balaban J connectivity index is 1.17. The van der Waals surface area contributed by atoms with Gasteiger partial charge in [0.1, 0.15) is 24.6 Å². The lowest BCUT2D eigenvalue weighted by Gasteiger charge is -2.40. The summed E-state index contributed by atoms with van der Waals surface area (Å²) in [5.74, 6) is 0.877. The lowest BCUT2D eigenvalue weighted by atomic mass is 10.1. The Kier molecular flexibility index (Phi) is 10.3. The van der Waals surface area contributed by atoms with E-state index < -0.39 is 12.1 Å². The van der Waals surface area contributed by atoms with Crippen molar-refractivity contribution in [2.45, 2.75) is 77.3 Å². The van der Waals surface area contributed by atoms with E-state index in [4.69, 9.17) is 34.3 Å². The number of likely N-dealkylation sites (N-methyl/N-ethyl adjacent to an activating group) is 1. The van der Waals surface area contributed by atoms with Gasteiger partial charge in [-0.15, -0.1) is 0 Å². The Morgan fingerprint density at radius 2 is 1.84 bits per heavy atom. The predicted octanol–water partition coefficient (Wildman–Crippen LogP) is 5.06. The summed E-state index contributed by atoms with van der Waals surface area (Å²) < 4.78 is 21.5. The molecular formula is C40H46N10O5. The van der Waals surface area contributed by atoms with Crippen LogP contribution < -0.4 is 15.2 Å². The van der Waals surface area contributed by atoms with E-state index in [0.717, 1.165) is 60.7 Å². The van der Waals surface area contributed by atoms with Crippen LogP contribution in [-0.2, 0) is 16.1 Å². The van der Waals surface area contributed by atoms with Crippen molar-refractivity contribution in [3.63, 3.8) is 0 Å². The minimum absolute atomic E-state index is 0.0795. The second kappa shape index (κ2) is 15.6. The fourth-order valence-corrected chi connectivity index (χ4v) is 8.08. The van der Waals surface area contributed by atoms with Crippen molar-refractivity contribution < 1.29 is 19.0 Å². The zero-order chi connectivity index (χ0) is 38.1. The average Bonchev–Trinajstić information content (AvgIpc) is 3.83. The van der Waals surface area contributed by atoms with Gasteiger partial charge in [0.2, 0.25) is 0 Å². The van der Waals surface area contributed by atoms with Gasteiger partial charge in [-0.2, -0.15) is 20.3 Å². The van der Waals surface area contributed by atoms with Crippen LogP contribution in [0.5, 0.6) is 6.01 Å². The monoisotopic (exact) mass is 746 g/mol. The standard InChI is InChI=1S/C40H46N10O5/c1-26-14-15-32-31(22-42-50(32)33-13-7-8-21-53-33)36(26)49-27(2)43-34-35(38(49)51)44-39(54-25-30-12-9-18-46(30)3)45-37(34)47-19-20-48(29(23-47)16-17-41)40(52)55-24-28-10-5-4-6-11-28/h4-6,10-11,14-15,22,29-30,33H,7-9,12-13,16,18-21,23-25H2,1-3H3/t29-,30-,33?/m0/s1.